The van der Waals surface area contributed by atoms with Gasteiger partial charge in [0.25, 0.3) is 11.5 Å². The van der Waals surface area contributed by atoms with E-state index in [4.69, 9.17) is 18.9 Å². The van der Waals surface area contributed by atoms with Crippen LogP contribution in [-0.4, -0.2) is 50.7 Å². The first-order chi connectivity index (χ1) is 13.0. The average Bonchev–Trinajstić information content (AvgIpc) is 3.12. The van der Waals surface area contributed by atoms with Crippen LogP contribution in [0.15, 0.2) is 28.7 Å². The first kappa shape index (κ1) is 17.9. The highest BCUT2D eigenvalue weighted by molar-refractivity contribution is 9.10. The van der Waals surface area contributed by atoms with E-state index in [9.17, 15) is 4.79 Å². The minimum atomic E-state index is -0.0925. The van der Waals surface area contributed by atoms with E-state index in [-0.39, 0.29) is 12.6 Å². The fourth-order valence-corrected chi connectivity index (χ4v) is 4.17. The molecule has 2 heterocycles. The molecule has 0 radical (unpaired) electrons. The molecule has 0 fully saturated rings. The first-order valence-corrected chi connectivity index (χ1v) is 9.30. The van der Waals surface area contributed by atoms with Crippen molar-refractivity contribution in [3.8, 4) is 23.0 Å². The van der Waals surface area contributed by atoms with Crippen LogP contribution in [0.1, 0.15) is 21.5 Å². The van der Waals surface area contributed by atoms with E-state index in [1.165, 1.54) is 0 Å². The monoisotopic (exact) mass is 432 g/mol. The molecule has 0 aliphatic carbocycles. The highest BCUT2D eigenvalue weighted by atomic mass is 79.9. The predicted molar refractivity (Wildman–Crippen MR) is 103 cm³/mol. The number of hydrogen-bond donors (Lipinski definition) is 0. The molecule has 6 nitrogen and oxygen atoms in total. The number of ether oxygens (including phenoxy) is 4. The van der Waals surface area contributed by atoms with Crippen molar-refractivity contribution in [2.75, 3.05) is 34.6 Å². The highest BCUT2D eigenvalue weighted by Crippen LogP contribution is 2.39. The second-order valence-corrected chi connectivity index (χ2v) is 7.17. The van der Waals surface area contributed by atoms with E-state index in [2.05, 4.69) is 15.9 Å². The highest BCUT2D eigenvalue weighted by Gasteiger charge is 2.34. The van der Waals surface area contributed by atoms with Crippen LogP contribution < -0.4 is 18.9 Å². The van der Waals surface area contributed by atoms with Crippen molar-refractivity contribution in [1.29, 1.82) is 0 Å². The Kier molecular flexibility index (Phi) is 4.55. The summed E-state index contributed by atoms with van der Waals surface area (Å²) in [5, 5.41) is 0. The number of halogens is 1. The maximum atomic E-state index is 13.5. The molecule has 0 saturated heterocycles. The number of ketones is 1. The molecule has 7 heteroatoms. The largest absolute Gasteiger partial charge is 0.493 e. The molecule has 0 amide bonds. The third kappa shape index (κ3) is 2.86. The van der Waals surface area contributed by atoms with Crippen molar-refractivity contribution < 1.29 is 28.3 Å². The predicted octanol–water partition coefficient (Wildman–Crippen LogP) is 3.07. The lowest BCUT2D eigenvalue weighted by molar-refractivity contribution is -0.496. The molecule has 0 bridgehead atoms. The van der Waals surface area contributed by atoms with Gasteiger partial charge < -0.3 is 18.9 Å². The Morgan fingerprint density at radius 3 is 2.59 bits per heavy atom. The fraction of sp³-hybridized carbons (Fsp3) is 0.300. The summed E-state index contributed by atoms with van der Waals surface area (Å²) in [5.41, 5.74) is 3.10. The second-order valence-electron chi connectivity index (χ2n) is 6.37. The van der Waals surface area contributed by atoms with E-state index in [1.54, 1.807) is 26.4 Å². The fourth-order valence-electron chi connectivity index (χ4n) is 3.50. The van der Waals surface area contributed by atoms with Gasteiger partial charge in [-0.15, -0.1) is 0 Å². The summed E-state index contributed by atoms with van der Waals surface area (Å²) in [7, 11) is 5.04. The third-order valence-corrected chi connectivity index (χ3v) is 5.68. The average molecular weight is 433 g/mol. The molecule has 0 aromatic heterocycles. The molecule has 4 rings (SSSR count). The Bertz CT molecular complexity index is 983. The number of carbonyl (C=O) groups is 1. The lowest BCUT2D eigenvalue weighted by atomic mass is 9.91. The Morgan fingerprint density at radius 2 is 1.89 bits per heavy atom. The molecular formula is C20H19BrNO5+. The zero-order valence-corrected chi connectivity index (χ0v) is 16.9. The van der Waals surface area contributed by atoms with Gasteiger partial charge >= 0.3 is 0 Å². The molecule has 0 spiro atoms. The smallest absolute Gasteiger partial charge is 0.258 e. The molecule has 2 aromatic carbocycles. The maximum absolute atomic E-state index is 13.5. The molecule has 0 unspecified atom stereocenters. The summed E-state index contributed by atoms with van der Waals surface area (Å²) in [4.78, 5) is 13.5. The van der Waals surface area contributed by atoms with Gasteiger partial charge in [-0.05, 0) is 45.8 Å². The van der Waals surface area contributed by atoms with Crippen LogP contribution in [0.4, 0.5) is 0 Å². The van der Waals surface area contributed by atoms with Crippen molar-refractivity contribution in [2.24, 2.45) is 0 Å². The number of hydrogen-bond acceptors (Lipinski definition) is 5. The number of nitrogens with zero attached hydrogens (tertiary/aromatic N) is 1. The van der Waals surface area contributed by atoms with Gasteiger partial charge in [0.05, 0.1) is 24.3 Å². The molecule has 2 aliphatic rings. The lowest BCUT2D eigenvalue weighted by Gasteiger charge is -2.18. The second kappa shape index (κ2) is 6.88. The van der Waals surface area contributed by atoms with Crippen LogP contribution in [0.2, 0.25) is 0 Å². The number of carbonyl (C=O) groups excluding carboxylic acids is 1. The van der Waals surface area contributed by atoms with Crippen molar-refractivity contribution in [2.45, 2.75) is 6.42 Å². The Labute approximate surface area is 165 Å². The molecule has 2 aromatic rings. The van der Waals surface area contributed by atoms with Gasteiger partial charge in [-0.3, -0.25) is 4.79 Å². The van der Waals surface area contributed by atoms with Gasteiger partial charge in [0.2, 0.25) is 6.79 Å². The van der Waals surface area contributed by atoms with Crippen LogP contribution in [0.5, 0.6) is 23.0 Å². The standard InChI is InChI=1S/C20H19BrNO5/c1-22-7-6-11-8-15-16(27-10-26-15)9-13(11)18(22)19(23)12-4-5-14(24-2)20(25-3)17(12)21/h4-5,8-9H,6-7,10H2,1-3H3/q+1. The van der Waals surface area contributed by atoms with E-state index in [0.717, 1.165) is 29.8 Å². The van der Waals surface area contributed by atoms with E-state index < -0.39 is 0 Å². The number of methoxy groups -OCH3 is 2. The first-order valence-electron chi connectivity index (χ1n) is 8.51. The number of likely N-dealkylation sites (N-methyl/N-ethyl adjacent to an activating group) is 1. The summed E-state index contributed by atoms with van der Waals surface area (Å²) in [6, 6.07) is 7.35. The van der Waals surface area contributed by atoms with Crippen LogP contribution in [0.25, 0.3) is 0 Å². The molecule has 2 aliphatic heterocycles. The van der Waals surface area contributed by atoms with Crippen molar-refractivity contribution >= 4 is 27.4 Å². The third-order valence-electron chi connectivity index (χ3n) is 4.90. The van der Waals surface area contributed by atoms with Gasteiger partial charge in [0.1, 0.15) is 13.6 Å². The number of fused-ring (bicyclic) bond motifs is 2. The molecule has 0 saturated carbocycles. The summed E-state index contributed by atoms with van der Waals surface area (Å²) in [6.07, 6.45) is 0.840. The van der Waals surface area contributed by atoms with Crippen molar-refractivity contribution in [3.05, 3.63) is 45.4 Å². The molecule has 0 N–H and O–H groups in total. The molecule has 27 heavy (non-hydrogen) atoms. The van der Waals surface area contributed by atoms with Crippen LogP contribution in [-0.2, 0) is 6.42 Å². The summed E-state index contributed by atoms with van der Waals surface area (Å²) < 4.78 is 24.3. The molecular weight excluding hydrogens is 414 g/mol. The van der Waals surface area contributed by atoms with Gasteiger partial charge in [-0.25, -0.2) is 4.58 Å². The van der Waals surface area contributed by atoms with Crippen molar-refractivity contribution in [3.63, 3.8) is 0 Å². The van der Waals surface area contributed by atoms with Crippen molar-refractivity contribution in [1.82, 2.24) is 0 Å². The number of benzene rings is 2. The summed E-state index contributed by atoms with van der Waals surface area (Å²) in [6.45, 7) is 0.956. The minimum absolute atomic E-state index is 0.0925. The zero-order valence-electron chi connectivity index (χ0n) is 15.3. The minimum Gasteiger partial charge on any atom is -0.493 e. The summed E-state index contributed by atoms with van der Waals surface area (Å²) >= 11 is 3.51. The molecule has 0 atom stereocenters. The van der Waals surface area contributed by atoms with E-state index in [0.29, 0.717) is 33.0 Å². The van der Waals surface area contributed by atoms with Crippen LogP contribution >= 0.6 is 15.9 Å². The van der Waals surface area contributed by atoms with Gasteiger partial charge in [-0.2, -0.15) is 0 Å². The van der Waals surface area contributed by atoms with Gasteiger partial charge in [-0.1, -0.05) is 0 Å². The van der Waals surface area contributed by atoms with E-state index >= 15 is 0 Å². The number of Topliss-reactive ketones (excluding diaryl/α,β-unsaturated/α-hetero) is 1. The van der Waals surface area contributed by atoms with Crippen LogP contribution in [0.3, 0.4) is 0 Å². The quantitative estimate of drug-likeness (QED) is 0.548. The molecule has 140 valence electrons. The Morgan fingerprint density at radius 1 is 1.15 bits per heavy atom. The van der Waals surface area contributed by atoms with Gasteiger partial charge in [0.15, 0.2) is 23.0 Å². The van der Waals surface area contributed by atoms with Gasteiger partial charge in [0, 0.05) is 12.0 Å². The maximum Gasteiger partial charge on any atom is 0.258 e. The van der Waals surface area contributed by atoms with Crippen LogP contribution in [0, 0.1) is 0 Å². The zero-order chi connectivity index (χ0) is 19.1. The van der Waals surface area contributed by atoms with E-state index in [1.807, 2.05) is 23.8 Å². The summed E-state index contributed by atoms with van der Waals surface area (Å²) in [5.74, 6) is 2.36. The topological polar surface area (TPSA) is 57.0 Å². The lowest BCUT2D eigenvalue weighted by Crippen LogP contribution is -2.33. The Hall–Kier alpha value is -2.54. The normalized spacial score (nSPS) is 14.8. The number of rotatable bonds is 4. The SMILES string of the molecule is COc1ccc(C(=O)C2=[N+](C)CCc3cc4c(cc32)OCO4)c(Br)c1OC. The Balaban J connectivity index is 1.83.